The summed E-state index contributed by atoms with van der Waals surface area (Å²) in [5.41, 5.74) is 0. The van der Waals surface area contributed by atoms with Gasteiger partial charge in [0.25, 0.3) is 0 Å². The highest BCUT2D eigenvalue weighted by Gasteiger charge is 2.27. The lowest BCUT2D eigenvalue weighted by Crippen LogP contribution is -2.16. The lowest BCUT2D eigenvalue weighted by atomic mass is 10.2. The largest absolute Gasteiger partial charge is 0.359 e. The van der Waals surface area contributed by atoms with Crippen LogP contribution in [0.1, 0.15) is 19.8 Å². The SMILES string of the molecule is CC(Nc1nccs1)C1CC1. The van der Waals surface area contributed by atoms with Crippen LogP contribution in [-0.4, -0.2) is 11.0 Å². The normalized spacial score (nSPS) is 19.7. The number of rotatable bonds is 3. The molecule has 1 aliphatic carbocycles. The maximum Gasteiger partial charge on any atom is 0.182 e. The van der Waals surface area contributed by atoms with Gasteiger partial charge in [-0.15, -0.1) is 11.3 Å². The third kappa shape index (κ3) is 1.71. The Kier molecular flexibility index (Phi) is 1.82. The standard InChI is InChI=1S/C8H12N2S/c1-6(7-2-3-7)10-8-9-4-5-11-8/h4-7H,2-3H2,1H3,(H,9,10). The summed E-state index contributed by atoms with van der Waals surface area (Å²) in [4.78, 5) is 4.17. The molecule has 0 aromatic carbocycles. The molecule has 3 heteroatoms. The summed E-state index contributed by atoms with van der Waals surface area (Å²) < 4.78 is 0. The van der Waals surface area contributed by atoms with Gasteiger partial charge in [0, 0.05) is 17.6 Å². The lowest BCUT2D eigenvalue weighted by molar-refractivity contribution is 0.693. The Labute approximate surface area is 70.7 Å². The molecule has 2 rings (SSSR count). The predicted molar refractivity (Wildman–Crippen MR) is 47.9 cm³/mol. The maximum atomic E-state index is 4.17. The third-order valence-corrected chi connectivity index (χ3v) is 2.82. The smallest absolute Gasteiger partial charge is 0.182 e. The van der Waals surface area contributed by atoms with E-state index in [0.717, 1.165) is 11.0 Å². The number of hydrogen-bond acceptors (Lipinski definition) is 3. The van der Waals surface area contributed by atoms with Gasteiger partial charge in [-0.05, 0) is 25.7 Å². The first-order chi connectivity index (χ1) is 5.36. The zero-order valence-corrected chi connectivity index (χ0v) is 7.40. The van der Waals surface area contributed by atoms with Crippen LogP contribution in [-0.2, 0) is 0 Å². The molecule has 1 heterocycles. The highest BCUT2D eigenvalue weighted by Crippen LogP contribution is 2.34. The van der Waals surface area contributed by atoms with E-state index in [-0.39, 0.29) is 0 Å². The number of nitrogens with one attached hydrogen (secondary N) is 1. The molecular formula is C8H12N2S. The van der Waals surface area contributed by atoms with Gasteiger partial charge in [0.15, 0.2) is 5.13 Å². The molecule has 1 N–H and O–H groups in total. The van der Waals surface area contributed by atoms with Crippen molar-refractivity contribution in [1.82, 2.24) is 4.98 Å². The first-order valence-electron chi connectivity index (χ1n) is 4.02. The molecule has 60 valence electrons. The average molecular weight is 168 g/mol. The monoisotopic (exact) mass is 168 g/mol. The zero-order valence-electron chi connectivity index (χ0n) is 6.58. The van der Waals surface area contributed by atoms with Crippen molar-refractivity contribution in [3.05, 3.63) is 11.6 Å². The third-order valence-electron chi connectivity index (χ3n) is 2.11. The van der Waals surface area contributed by atoms with Crippen LogP contribution < -0.4 is 5.32 Å². The van der Waals surface area contributed by atoms with E-state index in [1.165, 1.54) is 12.8 Å². The average Bonchev–Trinajstić information content (AvgIpc) is 2.73. The van der Waals surface area contributed by atoms with Crippen molar-refractivity contribution in [3.8, 4) is 0 Å². The first-order valence-corrected chi connectivity index (χ1v) is 4.90. The molecule has 0 bridgehead atoms. The van der Waals surface area contributed by atoms with Gasteiger partial charge < -0.3 is 5.32 Å². The van der Waals surface area contributed by atoms with Crippen LogP contribution in [0, 0.1) is 5.92 Å². The summed E-state index contributed by atoms with van der Waals surface area (Å²) in [7, 11) is 0. The van der Waals surface area contributed by atoms with Crippen LogP contribution in [0.2, 0.25) is 0 Å². The van der Waals surface area contributed by atoms with Crippen LogP contribution in [0.3, 0.4) is 0 Å². The maximum absolute atomic E-state index is 4.17. The van der Waals surface area contributed by atoms with Crippen molar-refractivity contribution in [3.63, 3.8) is 0 Å². The van der Waals surface area contributed by atoms with Gasteiger partial charge in [-0.25, -0.2) is 4.98 Å². The Balaban J connectivity index is 1.89. The van der Waals surface area contributed by atoms with Crippen molar-refractivity contribution in [2.45, 2.75) is 25.8 Å². The van der Waals surface area contributed by atoms with Crippen LogP contribution in [0.15, 0.2) is 11.6 Å². The zero-order chi connectivity index (χ0) is 7.68. The molecule has 11 heavy (non-hydrogen) atoms. The topological polar surface area (TPSA) is 24.9 Å². The molecule has 1 aromatic heterocycles. The molecule has 0 saturated heterocycles. The fraction of sp³-hybridized carbons (Fsp3) is 0.625. The number of hydrogen-bond donors (Lipinski definition) is 1. The van der Waals surface area contributed by atoms with Crippen LogP contribution in [0.4, 0.5) is 5.13 Å². The van der Waals surface area contributed by atoms with Crippen LogP contribution >= 0.6 is 11.3 Å². The van der Waals surface area contributed by atoms with Crippen LogP contribution in [0.5, 0.6) is 0 Å². The fourth-order valence-corrected chi connectivity index (χ4v) is 1.83. The summed E-state index contributed by atoms with van der Waals surface area (Å²) >= 11 is 1.67. The van der Waals surface area contributed by atoms with Gasteiger partial charge in [0.2, 0.25) is 0 Å². The minimum Gasteiger partial charge on any atom is -0.359 e. The Morgan fingerprint density at radius 3 is 3.09 bits per heavy atom. The molecule has 1 aromatic rings. The molecular weight excluding hydrogens is 156 g/mol. The van der Waals surface area contributed by atoms with Gasteiger partial charge in [-0.3, -0.25) is 0 Å². The molecule has 0 amide bonds. The van der Waals surface area contributed by atoms with E-state index in [0.29, 0.717) is 6.04 Å². The van der Waals surface area contributed by atoms with E-state index in [1.807, 2.05) is 11.6 Å². The van der Waals surface area contributed by atoms with Gasteiger partial charge in [0.1, 0.15) is 0 Å². The van der Waals surface area contributed by atoms with E-state index in [9.17, 15) is 0 Å². The summed E-state index contributed by atoms with van der Waals surface area (Å²) in [5, 5.41) is 6.45. The number of nitrogens with zero attached hydrogens (tertiary/aromatic N) is 1. The molecule has 1 saturated carbocycles. The first kappa shape index (κ1) is 7.10. The molecule has 0 aliphatic heterocycles. The van der Waals surface area contributed by atoms with E-state index in [2.05, 4.69) is 17.2 Å². The Morgan fingerprint density at radius 1 is 1.73 bits per heavy atom. The van der Waals surface area contributed by atoms with Crippen molar-refractivity contribution in [1.29, 1.82) is 0 Å². The van der Waals surface area contributed by atoms with Crippen LogP contribution in [0.25, 0.3) is 0 Å². The second-order valence-electron chi connectivity index (χ2n) is 3.11. The molecule has 1 atom stereocenters. The van der Waals surface area contributed by atoms with Gasteiger partial charge in [-0.2, -0.15) is 0 Å². The second-order valence-corrected chi connectivity index (χ2v) is 4.00. The molecule has 0 spiro atoms. The minimum atomic E-state index is 0.612. The van der Waals surface area contributed by atoms with Gasteiger partial charge in [-0.1, -0.05) is 0 Å². The minimum absolute atomic E-state index is 0.612. The van der Waals surface area contributed by atoms with Gasteiger partial charge >= 0.3 is 0 Å². The highest BCUT2D eigenvalue weighted by molar-refractivity contribution is 7.13. The van der Waals surface area contributed by atoms with Gasteiger partial charge in [0.05, 0.1) is 0 Å². The van der Waals surface area contributed by atoms with E-state index in [4.69, 9.17) is 0 Å². The Hall–Kier alpha value is -0.570. The Bertz CT molecular complexity index is 216. The van der Waals surface area contributed by atoms with Crippen molar-refractivity contribution in [2.75, 3.05) is 5.32 Å². The molecule has 0 radical (unpaired) electrons. The summed E-state index contributed by atoms with van der Waals surface area (Å²) in [6.07, 6.45) is 4.62. The molecule has 1 aliphatic rings. The number of anilines is 1. The summed E-state index contributed by atoms with van der Waals surface area (Å²) in [6, 6.07) is 0.612. The molecule has 1 unspecified atom stereocenters. The second kappa shape index (κ2) is 2.81. The summed E-state index contributed by atoms with van der Waals surface area (Å²) in [5.74, 6) is 0.902. The predicted octanol–water partition coefficient (Wildman–Crippen LogP) is 2.35. The Morgan fingerprint density at radius 2 is 2.55 bits per heavy atom. The lowest BCUT2D eigenvalue weighted by Gasteiger charge is -2.10. The van der Waals surface area contributed by atoms with Crippen molar-refractivity contribution >= 4 is 16.5 Å². The highest BCUT2D eigenvalue weighted by atomic mass is 32.1. The van der Waals surface area contributed by atoms with E-state index in [1.54, 1.807) is 11.3 Å². The summed E-state index contributed by atoms with van der Waals surface area (Å²) in [6.45, 7) is 2.24. The number of thiazole rings is 1. The molecule has 1 fully saturated rings. The van der Waals surface area contributed by atoms with Crippen molar-refractivity contribution < 1.29 is 0 Å². The molecule has 2 nitrogen and oxygen atoms in total. The van der Waals surface area contributed by atoms with E-state index < -0.39 is 0 Å². The fourth-order valence-electron chi connectivity index (χ4n) is 1.20. The van der Waals surface area contributed by atoms with E-state index >= 15 is 0 Å². The van der Waals surface area contributed by atoms with Crippen molar-refractivity contribution in [2.24, 2.45) is 5.92 Å². The number of aromatic nitrogens is 1. The quantitative estimate of drug-likeness (QED) is 0.749.